The summed E-state index contributed by atoms with van der Waals surface area (Å²) in [6.45, 7) is 10.8. The Morgan fingerprint density at radius 1 is 1.29 bits per heavy atom. The Morgan fingerprint density at radius 2 is 2.06 bits per heavy atom. The van der Waals surface area contributed by atoms with Crippen molar-refractivity contribution in [1.29, 1.82) is 0 Å². The molecule has 0 aliphatic rings. The molecule has 1 aromatic heterocycles. The highest BCUT2D eigenvalue weighted by Crippen LogP contribution is 2.14. The van der Waals surface area contributed by atoms with E-state index in [1.165, 1.54) is 0 Å². The monoisotopic (exact) mass is 237 g/mol. The van der Waals surface area contributed by atoms with Gasteiger partial charge >= 0.3 is 0 Å². The third-order valence-corrected chi connectivity index (χ3v) is 2.32. The first kappa shape index (κ1) is 13.9. The number of hydrogen-bond donors (Lipinski definition) is 1. The zero-order valence-corrected chi connectivity index (χ0v) is 11.3. The van der Waals surface area contributed by atoms with E-state index in [4.69, 9.17) is 4.74 Å². The number of aryl methyl sites for hydroxylation is 1. The van der Waals surface area contributed by atoms with Gasteiger partial charge in [-0.05, 0) is 19.9 Å². The molecule has 0 amide bonds. The molecule has 0 radical (unpaired) electrons. The van der Waals surface area contributed by atoms with Crippen LogP contribution in [-0.4, -0.2) is 29.7 Å². The van der Waals surface area contributed by atoms with Crippen LogP contribution in [0.25, 0.3) is 0 Å². The molecule has 0 bridgehead atoms. The molecule has 0 aliphatic heterocycles. The minimum absolute atomic E-state index is 0.329. The molecule has 0 aromatic carbocycles. The Balaban J connectivity index is 2.47. The van der Waals surface area contributed by atoms with Crippen LogP contribution in [-0.2, 0) is 0 Å². The minimum atomic E-state index is 0.329. The Kier molecular flexibility index (Phi) is 5.91. The smallest absolute Gasteiger partial charge is 0.216 e. The largest absolute Gasteiger partial charge is 0.476 e. The number of ether oxygens (including phenoxy) is 1. The predicted molar refractivity (Wildman–Crippen MR) is 69.5 cm³/mol. The number of nitrogens with one attached hydrogen (secondary N) is 1. The number of rotatable bonds is 7. The molecule has 4 nitrogen and oxygen atoms in total. The van der Waals surface area contributed by atoms with E-state index in [9.17, 15) is 0 Å². The van der Waals surface area contributed by atoms with Crippen molar-refractivity contribution in [1.82, 2.24) is 15.3 Å². The maximum atomic E-state index is 5.61. The van der Waals surface area contributed by atoms with E-state index < -0.39 is 0 Å². The molecule has 0 aliphatic carbocycles. The quantitative estimate of drug-likeness (QED) is 0.739. The van der Waals surface area contributed by atoms with E-state index in [1.807, 2.05) is 13.0 Å². The Hall–Kier alpha value is -1.16. The highest BCUT2D eigenvalue weighted by atomic mass is 16.5. The topological polar surface area (TPSA) is 47.0 Å². The summed E-state index contributed by atoms with van der Waals surface area (Å²) in [6, 6.07) is 1.88. The van der Waals surface area contributed by atoms with Gasteiger partial charge in [-0.25, -0.2) is 4.98 Å². The number of aromatic nitrogens is 2. The fraction of sp³-hybridized carbons (Fsp3) is 0.692. The van der Waals surface area contributed by atoms with Gasteiger partial charge < -0.3 is 10.1 Å². The molecule has 1 rings (SSSR count). The van der Waals surface area contributed by atoms with Crippen molar-refractivity contribution in [2.24, 2.45) is 0 Å². The lowest BCUT2D eigenvalue weighted by Crippen LogP contribution is -2.22. The van der Waals surface area contributed by atoms with Gasteiger partial charge in [0.2, 0.25) is 5.88 Å². The number of nitrogens with zero attached hydrogens (tertiary/aromatic N) is 2. The summed E-state index contributed by atoms with van der Waals surface area (Å²) in [7, 11) is 0. The van der Waals surface area contributed by atoms with E-state index in [0.717, 1.165) is 31.0 Å². The molecule has 0 saturated carbocycles. The second kappa shape index (κ2) is 7.22. The second-order valence-electron chi connectivity index (χ2n) is 4.46. The Bertz CT molecular complexity index is 339. The van der Waals surface area contributed by atoms with Crippen LogP contribution in [0.3, 0.4) is 0 Å². The minimum Gasteiger partial charge on any atom is -0.476 e. The average Bonchev–Trinajstić information content (AvgIpc) is 2.28. The van der Waals surface area contributed by atoms with Crippen molar-refractivity contribution in [2.75, 3.05) is 19.7 Å². The van der Waals surface area contributed by atoms with Gasteiger partial charge in [0.05, 0.1) is 0 Å². The molecular weight excluding hydrogens is 214 g/mol. The Morgan fingerprint density at radius 3 is 2.71 bits per heavy atom. The maximum absolute atomic E-state index is 5.61. The molecule has 1 aromatic rings. The highest BCUT2D eigenvalue weighted by molar-refractivity contribution is 5.16. The second-order valence-corrected chi connectivity index (χ2v) is 4.46. The fourth-order valence-corrected chi connectivity index (χ4v) is 1.42. The van der Waals surface area contributed by atoms with Crippen LogP contribution in [0.2, 0.25) is 0 Å². The van der Waals surface area contributed by atoms with Crippen LogP contribution in [0.1, 0.15) is 44.6 Å². The summed E-state index contributed by atoms with van der Waals surface area (Å²) in [5.41, 5.74) is 0.959. The lowest BCUT2D eigenvalue weighted by atomic mass is 10.2. The molecule has 4 heteroatoms. The highest BCUT2D eigenvalue weighted by Gasteiger charge is 2.06. The molecule has 17 heavy (non-hydrogen) atoms. The lowest BCUT2D eigenvalue weighted by molar-refractivity contribution is 0.300. The van der Waals surface area contributed by atoms with Crippen molar-refractivity contribution < 1.29 is 4.74 Å². The summed E-state index contributed by atoms with van der Waals surface area (Å²) >= 11 is 0. The zero-order chi connectivity index (χ0) is 12.7. The van der Waals surface area contributed by atoms with Crippen LogP contribution in [0, 0.1) is 6.92 Å². The van der Waals surface area contributed by atoms with Crippen LogP contribution in [0.4, 0.5) is 0 Å². The van der Waals surface area contributed by atoms with Crippen molar-refractivity contribution in [3.05, 3.63) is 17.6 Å². The van der Waals surface area contributed by atoms with E-state index in [-0.39, 0.29) is 0 Å². The van der Waals surface area contributed by atoms with Gasteiger partial charge in [-0.15, -0.1) is 0 Å². The Labute approximate surface area is 104 Å². The fourth-order valence-electron chi connectivity index (χ4n) is 1.42. The standard InChI is InChI=1S/C13H23N3O/c1-5-6-14-7-8-17-12-9-11(4)15-13(16-12)10(2)3/h9-10,14H,5-8H2,1-4H3. The van der Waals surface area contributed by atoms with E-state index in [0.29, 0.717) is 18.4 Å². The van der Waals surface area contributed by atoms with Crippen LogP contribution in [0.5, 0.6) is 5.88 Å². The molecule has 0 unspecified atom stereocenters. The molecular formula is C13H23N3O. The summed E-state index contributed by atoms with van der Waals surface area (Å²) in [4.78, 5) is 8.77. The molecule has 1 N–H and O–H groups in total. The van der Waals surface area contributed by atoms with Crippen molar-refractivity contribution in [3.8, 4) is 5.88 Å². The van der Waals surface area contributed by atoms with E-state index in [2.05, 4.69) is 36.1 Å². The molecule has 96 valence electrons. The van der Waals surface area contributed by atoms with E-state index >= 15 is 0 Å². The first-order valence-electron chi connectivity index (χ1n) is 6.32. The van der Waals surface area contributed by atoms with Gasteiger partial charge in [-0.3, -0.25) is 0 Å². The third-order valence-electron chi connectivity index (χ3n) is 2.32. The van der Waals surface area contributed by atoms with Gasteiger partial charge in [0.25, 0.3) is 0 Å². The van der Waals surface area contributed by atoms with Gasteiger partial charge in [-0.2, -0.15) is 4.98 Å². The summed E-state index contributed by atoms with van der Waals surface area (Å²) in [5, 5.41) is 3.29. The first-order chi connectivity index (χ1) is 8.13. The first-order valence-corrected chi connectivity index (χ1v) is 6.32. The van der Waals surface area contributed by atoms with Gasteiger partial charge in [0.1, 0.15) is 12.4 Å². The molecule has 0 saturated heterocycles. The van der Waals surface area contributed by atoms with E-state index in [1.54, 1.807) is 0 Å². The SMILES string of the molecule is CCCNCCOc1cc(C)nc(C(C)C)n1. The molecule has 0 spiro atoms. The molecule has 0 atom stereocenters. The molecule has 0 fully saturated rings. The normalized spacial score (nSPS) is 10.9. The predicted octanol–water partition coefficient (Wildman–Crippen LogP) is 2.29. The van der Waals surface area contributed by atoms with Gasteiger partial charge in [0.15, 0.2) is 0 Å². The van der Waals surface area contributed by atoms with Crippen molar-refractivity contribution >= 4 is 0 Å². The van der Waals surface area contributed by atoms with Gasteiger partial charge in [-0.1, -0.05) is 20.8 Å². The van der Waals surface area contributed by atoms with Crippen LogP contribution in [0.15, 0.2) is 6.07 Å². The summed E-state index contributed by atoms with van der Waals surface area (Å²) < 4.78 is 5.61. The van der Waals surface area contributed by atoms with Crippen LogP contribution < -0.4 is 10.1 Å². The van der Waals surface area contributed by atoms with Crippen molar-refractivity contribution in [3.63, 3.8) is 0 Å². The average molecular weight is 237 g/mol. The maximum Gasteiger partial charge on any atom is 0.216 e. The molecule has 1 heterocycles. The summed E-state index contributed by atoms with van der Waals surface area (Å²) in [6.07, 6.45) is 1.14. The van der Waals surface area contributed by atoms with Crippen molar-refractivity contribution in [2.45, 2.75) is 40.0 Å². The lowest BCUT2D eigenvalue weighted by Gasteiger charge is -2.10. The third kappa shape index (κ3) is 5.13. The van der Waals surface area contributed by atoms with Crippen LogP contribution >= 0.6 is 0 Å². The van der Waals surface area contributed by atoms with Gasteiger partial charge in [0, 0.05) is 24.2 Å². The number of hydrogen-bond acceptors (Lipinski definition) is 4. The zero-order valence-electron chi connectivity index (χ0n) is 11.3. The summed E-state index contributed by atoms with van der Waals surface area (Å²) in [5.74, 6) is 1.86.